The van der Waals surface area contributed by atoms with Gasteiger partial charge < -0.3 is 20.7 Å². The standard InChI is InChI=1S/C27H29N5O4S/c1-3-24(33)30-20-9-5-19(6-10-20)26(35)29-14-13-28-25(34)15-21-17-37-27-31-23(16-32(21)27)18-7-11-22(12-8-18)36-4-2/h5-12,16-17H,3-4,13-15H2,1-2H3,(H,28,34)(H,29,35)(H,30,33). The van der Waals surface area contributed by atoms with Crippen LogP contribution in [0.1, 0.15) is 36.3 Å². The van der Waals surface area contributed by atoms with Crippen LogP contribution in [0.15, 0.2) is 60.1 Å². The molecule has 0 radical (unpaired) electrons. The second-order valence-electron chi connectivity index (χ2n) is 8.22. The number of imidazole rings is 1. The monoisotopic (exact) mass is 519 g/mol. The van der Waals surface area contributed by atoms with Crippen LogP contribution in [-0.2, 0) is 16.0 Å². The van der Waals surface area contributed by atoms with Gasteiger partial charge >= 0.3 is 0 Å². The Balaban J connectivity index is 1.25. The highest BCUT2D eigenvalue weighted by Crippen LogP contribution is 2.25. The Morgan fingerprint density at radius 3 is 2.38 bits per heavy atom. The number of amides is 3. The van der Waals surface area contributed by atoms with E-state index >= 15 is 0 Å². The summed E-state index contributed by atoms with van der Waals surface area (Å²) in [6.45, 7) is 4.94. The minimum Gasteiger partial charge on any atom is -0.494 e. The lowest BCUT2D eigenvalue weighted by atomic mass is 10.1. The van der Waals surface area contributed by atoms with Crippen LogP contribution < -0.4 is 20.7 Å². The van der Waals surface area contributed by atoms with E-state index < -0.39 is 0 Å². The first kappa shape index (κ1) is 25.9. The fourth-order valence-electron chi connectivity index (χ4n) is 3.65. The Bertz CT molecular complexity index is 1380. The van der Waals surface area contributed by atoms with Crippen molar-refractivity contribution in [1.29, 1.82) is 0 Å². The van der Waals surface area contributed by atoms with E-state index in [1.807, 2.05) is 47.2 Å². The van der Waals surface area contributed by atoms with Crippen LogP contribution >= 0.6 is 11.3 Å². The average molecular weight is 520 g/mol. The summed E-state index contributed by atoms with van der Waals surface area (Å²) in [4.78, 5) is 41.8. The molecular formula is C27H29N5O4S. The summed E-state index contributed by atoms with van der Waals surface area (Å²) in [5.74, 6) is 0.344. The first-order chi connectivity index (χ1) is 18.0. The molecule has 0 fully saturated rings. The lowest BCUT2D eigenvalue weighted by molar-refractivity contribution is -0.120. The maximum absolute atomic E-state index is 12.5. The Morgan fingerprint density at radius 1 is 0.946 bits per heavy atom. The number of anilines is 1. The highest BCUT2D eigenvalue weighted by Gasteiger charge is 2.13. The number of hydrogen-bond acceptors (Lipinski definition) is 6. The molecule has 2 aromatic carbocycles. The summed E-state index contributed by atoms with van der Waals surface area (Å²) in [6, 6.07) is 14.4. The number of nitrogens with one attached hydrogen (secondary N) is 3. The number of nitrogens with zero attached hydrogens (tertiary/aromatic N) is 2. The predicted molar refractivity (Wildman–Crippen MR) is 144 cm³/mol. The van der Waals surface area contributed by atoms with Gasteiger partial charge in [0.15, 0.2) is 4.96 Å². The Kier molecular flexibility index (Phi) is 8.52. The Labute approximate surface area is 218 Å². The Hall–Kier alpha value is -4.18. The van der Waals surface area contributed by atoms with E-state index in [1.165, 1.54) is 11.3 Å². The molecule has 0 aliphatic heterocycles. The van der Waals surface area contributed by atoms with Gasteiger partial charge in [-0.3, -0.25) is 18.8 Å². The van der Waals surface area contributed by atoms with Crippen molar-refractivity contribution in [3.63, 3.8) is 0 Å². The maximum atomic E-state index is 12.5. The second kappa shape index (κ2) is 12.2. The van der Waals surface area contributed by atoms with Gasteiger partial charge in [0.1, 0.15) is 5.75 Å². The SMILES string of the molecule is CCOc1ccc(-c2cn3c(CC(=O)NCCNC(=O)c4ccc(NC(=O)CC)cc4)csc3n2)cc1. The van der Waals surface area contributed by atoms with Crippen molar-refractivity contribution in [2.24, 2.45) is 0 Å². The zero-order chi connectivity index (χ0) is 26.2. The van der Waals surface area contributed by atoms with Gasteiger partial charge in [0.2, 0.25) is 11.8 Å². The molecule has 4 aromatic rings. The highest BCUT2D eigenvalue weighted by atomic mass is 32.1. The molecule has 0 unspecified atom stereocenters. The number of benzene rings is 2. The maximum Gasteiger partial charge on any atom is 0.251 e. The molecule has 0 atom stereocenters. The lowest BCUT2D eigenvalue weighted by Crippen LogP contribution is -2.35. The minimum atomic E-state index is -0.248. The third-order valence-corrected chi connectivity index (χ3v) is 6.46. The van der Waals surface area contributed by atoms with Gasteiger partial charge in [0.05, 0.1) is 18.7 Å². The molecule has 0 spiro atoms. The molecule has 0 aliphatic carbocycles. The van der Waals surface area contributed by atoms with Crippen molar-refractivity contribution in [2.45, 2.75) is 26.7 Å². The molecule has 3 N–H and O–H groups in total. The molecule has 2 heterocycles. The van der Waals surface area contributed by atoms with Crippen molar-refractivity contribution >= 4 is 39.7 Å². The largest absolute Gasteiger partial charge is 0.494 e. The first-order valence-electron chi connectivity index (χ1n) is 12.1. The predicted octanol–water partition coefficient (Wildman–Crippen LogP) is 3.90. The number of ether oxygens (including phenoxy) is 1. The summed E-state index contributed by atoms with van der Waals surface area (Å²) in [5, 5.41) is 10.3. The normalized spacial score (nSPS) is 10.8. The van der Waals surface area contributed by atoms with Gasteiger partial charge in [0, 0.05) is 53.6 Å². The number of hydrogen-bond donors (Lipinski definition) is 3. The minimum absolute atomic E-state index is 0.0859. The smallest absolute Gasteiger partial charge is 0.251 e. The molecule has 0 saturated carbocycles. The van der Waals surface area contributed by atoms with Crippen molar-refractivity contribution in [3.8, 4) is 17.0 Å². The van der Waals surface area contributed by atoms with Gasteiger partial charge in [-0.05, 0) is 55.5 Å². The van der Waals surface area contributed by atoms with Gasteiger partial charge in [-0.15, -0.1) is 11.3 Å². The number of fused-ring (bicyclic) bond motifs is 1. The van der Waals surface area contributed by atoms with Crippen LogP contribution in [0.2, 0.25) is 0 Å². The van der Waals surface area contributed by atoms with E-state index in [1.54, 1.807) is 31.2 Å². The van der Waals surface area contributed by atoms with Crippen molar-refractivity contribution in [1.82, 2.24) is 20.0 Å². The third kappa shape index (κ3) is 6.73. The van der Waals surface area contributed by atoms with E-state index in [9.17, 15) is 14.4 Å². The van der Waals surface area contributed by atoms with Gasteiger partial charge in [0.25, 0.3) is 5.91 Å². The van der Waals surface area contributed by atoms with Crippen molar-refractivity contribution < 1.29 is 19.1 Å². The first-order valence-corrected chi connectivity index (χ1v) is 13.0. The molecule has 0 saturated heterocycles. The van der Waals surface area contributed by atoms with Crippen LogP contribution in [0.3, 0.4) is 0 Å². The average Bonchev–Trinajstić information content (AvgIpc) is 3.49. The topological polar surface area (TPSA) is 114 Å². The van der Waals surface area contributed by atoms with E-state index in [-0.39, 0.29) is 24.1 Å². The number of aromatic nitrogens is 2. The molecular weight excluding hydrogens is 490 g/mol. The molecule has 192 valence electrons. The quantitative estimate of drug-likeness (QED) is 0.260. The summed E-state index contributed by atoms with van der Waals surface area (Å²) in [7, 11) is 0. The highest BCUT2D eigenvalue weighted by molar-refractivity contribution is 7.15. The molecule has 3 amide bonds. The number of carbonyl (C=O) groups is 3. The van der Waals surface area contributed by atoms with Crippen LogP contribution in [0, 0.1) is 0 Å². The van der Waals surface area contributed by atoms with E-state index in [0.717, 1.165) is 27.7 Å². The molecule has 0 aliphatic rings. The molecule has 10 heteroatoms. The van der Waals surface area contributed by atoms with Crippen LogP contribution in [-0.4, -0.2) is 46.8 Å². The molecule has 2 aromatic heterocycles. The zero-order valence-electron chi connectivity index (χ0n) is 20.7. The third-order valence-electron chi connectivity index (χ3n) is 5.57. The number of rotatable bonds is 11. The van der Waals surface area contributed by atoms with Gasteiger partial charge in [-0.2, -0.15) is 0 Å². The van der Waals surface area contributed by atoms with Crippen molar-refractivity contribution in [3.05, 3.63) is 71.4 Å². The van der Waals surface area contributed by atoms with E-state index in [2.05, 4.69) is 20.9 Å². The molecule has 9 nitrogen and oxygen atoms in total. The second-order valence-corrected chi connectivity index (χ2v) is 9.06. The van der Waals surface area contributed by atoms with Crippen LogP contribution in [0.5, 0.6) is 5.75 Å². The van der Waals surface area contributed by atoms with Gasteiger partial charge in [-0.1, -0.05) is 6.92 Å². The number of carbonyl (C=O) groups excluding carboxylic acids is 3. The van der Waals surface area contributed by atoms with Crippen LogP contribution in [0.4, 0.5) is 5.69 Å². The zero-order valence-corrected chi connectivity index (χ0v) is 21.6. The van der Waals surface area contributed by atoms with Crippen molar-refractivity contribution in [2.75, 3.05) is 25.0 Å². The summed E-state index contributed by atoms with van der Waals surface area (Å²) < 4.78 is 7.43. The fraction of sp³-hybridized carbons (Fsp3) is 0.259. The summed E-state index contributed by atoms with van der Waals surface area (Å²) in [6.07, 6.45) is 2.53. The van der Waals surface area contributed by atoms with E-state index in [4.69, 9.17) is 4.74 Å². The number of thiazole rings is 1. The van der Waals surface area contributed by atoms with E-state index in [0.29, 0.717) is 37.4 Å². The summed E-state index contributed by atoms with van der Waals surface area (Å²) in [5.41, 5.74) is 3.78. The fourth-order valence-corrected chi connectivity index (χ4v) is 4.52. The lowest BCUT2D eigenvalue weighted by Gasteiger charge is -2.08. The Morgan fingerprint density at radius 2 is 1.68 bits per heavy atom. The molecule has 37 heavy (non-hydrogen) atoms. The molecule has 0 bridgehead atoms. The summed E-state index contributed by atoms with van der Waals surface area (Å²) >= 11 is 1.48. The van der Waals surface area contributed by atoms with Crippen LogP contribution in [0.25, 0.3) is 16.2 Å². The molecule has 4 rings (SSSR count). The van der Waals surface area contributed by atoms with Gasteiger partial charge in [-0.25, -0.2) is 4.98 Å².